The van der Waals surface area contributed by atoms with Gasteiger partial charge in [-0.1, -0.05) is 72.3 Å². The highest BCUT2D eigenvalue weighted by Crippen LogP contribution is 2.24. The summed E-state index contributed by atoms with van der Waals surface area (Å²) < 4.78 is 0. The van der Waals surface area contributed by atoms with Crippen molar-refractivity contribution in [2.75, 3.05) is 18.5 Å². The predicted molar refractivity (Wildman–Crippen MR) is 114 cm³/mol. The Kier molecular flexibility index (Phi) is 7.14. The predicted octanol–water partition coefficient (Wildman–Crippen LogP) is 3.83. The summed E-state index contributed by atoms with van der Waals surface area (Å²) in [6.07, 6.45) is 0. The van der Waals surface area contributed by atoms with Crippen molar-refractivity contribution in [2.24, 2.45) is 0 Å². The van der Waals surface area contributed by atoms with E-state index in [9.17, 15) is 14.7 Å². The van der Waals surface area contributed by atoms with Gasteiger partial charge in [0, 0.05) is 16.1 Å². The third-order valence-corrected chi connectivity index (χ3v) is 4.66. The second-order valence-electron chi connectivity index (χ2n) is 6.46. The van der Waals surface area contributed by atoms with Crippen molar-refractivity contribution in [1.29, 1.82) is 0 Å². The maximum absolute atomic E-state index is 12.8. The molecule has 0 heterocycles. The van der Waals surface area contributed by atoms with Gasteiger partial charge in [-0.15, -0.1) is 0 Å². The van der Waals surface area contributed by atoms with Crippen LogP contribution in [0.5, 0.6) is 0 Å². The van der Waals surface area contributed by atoms with E-state index in [0.29, 0.717) is 21.8 Å². The number of amides is 1. The number of benzene rings is 3. The van der Waals surface area contributed by atoms with E-state index in [4.69, 9.17) is 11.6 Å². The standard InChI is InChI=1S/C23H21ClN2O3/c24-18-11-12-20(19(13-18)23(29)17-9-5-2-6-10-17)26-22(28)14-25-21(15-27)16-7-3-1-4-8-16/h1-13,21,25,27H,14-15H2,(H,26,28). The van der Waals surface area contributed by atoms with E-state index >= 15 is 0 Å². The van der Waals surface area contributed by atoms with Crippen LogP contribution in [0.2, 0.25) is 5.02 Å². The highest BCUT2D eigenvalue weighted by Gasteiger charge is 2.17. The number of anilines is 1. The number of hydrogen-bond acceptors (Lipinski definition) is 4. The second-order valence-corrected chi connectivity index (χ2v) is 6.90. The van der Waals surface area contributed by atoms with Gasteiger partial charge in [0.2, 0.25) is 5.91 Å². The van der Waals surface area contributed by atoms with Crippen LogP contribution >= 0.6 is 11.6 Å². The van der Waals surface area contributed by atoms with Gasteiger partial charge in [0.1, 0.15) is 0 Å². The summed E-state index contributed by atoms with van der Waals surface area (Å²) in [5.74, 6) is -0.558. The third-order valence-electron chi connectivity index (χ3n) is 4.43. The lowest BCUT2D eigenvalue weighted by molar-refractivity contribution is -0.115. The summed E-state index contributed by atoms with van der Waals surface area (Å²) in [6, 6.07) is 22.6. The van der Waals surface area contributed by atoms with Crippen molar-refractivity contribution < 1.29 is 14.7 Å². The Morgan fingerprint density at radius 3 is 2.24 bits per heavy atom. The highest BCUT2D eigenvalue weighted by atomic mass is 35.5. The van der Waals surface area contributed by atoms with Crippen molar-refractivity contribution in [3.05, 3.63) is 101 Å². The van der Waals surface area contributed by atoms with Crippen LogP contribution in [-0.2, 0) is 4.79 Å². The second kappa shape index (κ2) is 9.98. The number of aliphatic hydroxyl groups excluding tert-OH is 1. The molecule has 0 fully saturated rings. The van der Waals surface area contributed by atoms with Crippen molar-refractivity contribution in [3.63, 3.8) is 0 Å². The average molecular weight is 409 g/mol. The summed E-state index contributed by atoms with van der Waals surface area (Å²) in [5.41, 5.74) is 2.09. The molecular weight excluding hydrogens is 388 g/mol. The Bertz CT molecular complexity index is 978. The Hall–Kier alpha value is -2.99. The van der Waals surface area contributed by atoms with Crippen molar-refractivity contribution in [2.45, 2.75) is 6.04 Å². The Labute approximate surface area is 174 Å². The van der Waals surface area contributed by atoms with Gasteiger partial charge in [-0.3, -0.25) is 14.9 Å². The summed E-state index contributed by atoms with van der Waals surface area (Å²) >= 11 is 6.07. The molecule has 3 N–H and O–H groups in total. The topological polar surface area (TPSA) is 78.4 Å². The summed E-state index contributed by atoms with van der Waals surface area (Å²) in [7, 11) is 0. The zero-order valence-corrected chi connectivity index (χ0v) is 16.4. The molecule has 3 aromatic rings. The van der Waals surface area contributed by atoms with Crippen molar-refractivity contribution in [1.82, 2.24) is 5.32 Å². The molecule has 0 aliphatic carbocycles. The summed E-state index contributed by atoms with van der Waals surface area (Å²) in [4.78, 5) is 25.3. The molecule has 0 aliphatic heterocycles. The molecule has 148 valence electrons. The fourth-order valence-corrected chi connectivity index (χ4v) is 3.11. The smallest absolute Gasteiger partial charge is 0.238 e. The van der Waals surface area contributed by atoms with E-state index in [-0.39, 0.29) is 30.9 Å². The zero-order chi connectivity index (χ0) is 20.6. The molecule has 6 heteroatoms. The van der Waals surface area contributed by atoms with Crippen LogP contribution in [-0.4, -0.2) is 29.9 Å². The summed E-state index contributed by atoms with van der Waals surface area (Å²) in [5, 5.41) is 15.8. The van der Waals surface area contributed by atoms with Crippen molar-refractivity contribution >= 4 is 29.0 Å². The number of aliphatic hydroxyl groups is 1. The molecule has 1 unspecified atom stereocenters. The van der Waals surface area contributed by atoms with Crippen LogP contribution in [0.1, 0.15) is 27.5 Å². The molecule has 0 spiro atoms. The fourth-order valence-electron chi connectivity index (χ4n) is 2.94. The number of nitrogens with one attached hydrogen (secondary N) is 2. The SMILES string of the molecule is O=C(CNC(CO)c1ccccc1)Nc1ccc(Cl)cc1C(=O)c1ccccc1. The van der Waals surface area contributed by atoms with Crippen LogP contribution in [0.4, 0.5) is 5.69 Å². The van der Waals surface area contributed by atoms with Crippen LogP contribution in [0, 0.1) is 0 Å². The van der Waals surface area contributed by atoms with E-state index < -0.39 is 0 Å². The Balaban J connectivity index is 1.71. The molecule has 0 aliphatic rings. The van der Waals surface area contributed by atoms with Gasteiger partial charge >= 0.3 is 0 Å². The van der Waals surface area contributed by atoms with Gasteiger partial charge in [0.15, 0.2) is 5.78 Å². The molecule has 0 saturated carbocycles. The van der Waals surface area contributed by atoms with E-state index in [1.54, 1.807) is 42.5 Å². The number of halogens is 1. The van der Waals surface area contributed by atoms with E-state index in [1.807, 2.05) is 36.4 Å². The number of hydrogen-bond donors (Lipinski definition) is 3. The number of rotatable bonds is 8. The summed E-state index contributed by atoms with van der Waals surface area (Å²) in [6.45, 7) is -0.169. The number of carbonyl (C=O) groups excluding carboxylic acids is 2. The minimum absolute atomic E-state index is 0.0261. The Morgan fingerprint density at radius 2 is 1.59 bits per heavy atom. The molecule has 3 aromatic carbocycles. The fraction of sp³-hybridized carbons (Fsp3) is 0.130. The largest absolute Gasteiger partial charge is 0.394 e. The molecule has 5 nitrogen and oxygen atoms in total. The number of ketones is 1. The van der Waals surface area contributed by atoms with E-state index in [1.165, 1.54) is 0 Å². The van der Waals surface area contributed by atoms with Gasteiger partial charge < -0.3 is 10.4 Å². The molecule has 0 aromatic heterocycles. The first-order chi connectivity index (χ1) is 14.1. The minimum atomic E-state index is -0.363. The monoisotopic (exact) mass is 408 g/mol. The van der Waals surface area contributed by atoms with Crippen LogP contribution in [0.15, 0.2) is 78.9 Å². The average Bonchev–Trinajstić information content (AvgIpc) is 2.76. The van der Waals surface area contributed by atoms with Gasteiger partial charge in [-0.25, -0.2) is 0 Å². The molecule has 0 bridgehead atoms. The van der Waals surface area contributed by atoms with Gasteiger partial charge in [0.25, 0.3) is 0 Å². The lowest BCUT2D eigenvalue weighted by atomic mass is 10.0. The minimum Gasteiger partial charge on any atom is -0.394 e. The molecule has 1 amide bonds. The van der Waals surface area contributed by atoms with Crippen LogP contribution in [0.25, 0.3) is 0 Å². The maximum Gasteiger partial charge on any atom is 0.238 e. The van der Waals surface area contributed by atoms with E-state index in [2.05, 4.69) is 10.6 Å². The maximum atomic E-state index is 12.8. The van der Waals surface area contributed by atoms with Crippen LogP contribution in [0.3, 0.4) is 0 Å². The van der Waals surface area contributed by atoms with Gasteiger partial charge in [0.05, 0.1) is 24.9 Å². The zero-order valence-electron chi connectivity index (χ0n) is 15.6. The molecule has 0 saturated heterocycles. The normalized spacial score (nSPS) is 11.7. The Morgan fingerprint density at radius 1 is 0.931 bits per heavy atom. The van der Waals surface area contributed by atoms with Crippen LogP contribution < -0.4 is 10.6 Å². The molecular formula is C23H21ClN2O3. The third kappa shape index (κ3) is 5.51. The molecule has 0 radical (unpaired) electrons. The van der Waals surface area contributed by atoms with E-state index in [0.717, 1.165) is 5.56 Å². The highest BCUT2D eigenvalue weighted by molar-refractivity contribution is 6.31. The van der Waals surface area contributed by atoms with Crippen molar-refractivity contribution in [3.8, 4) is 0 Å². The first-order valence-electron chi connectivity index (χ1n) is 9.17. The molecule has 29 heavy (non-hydrogen) atoms. The van der Waals surface area contributed by atoms with Gasteiger partial charge in [-0.05, 0) is 23.8 Å². The quantitative estimate of drug-likeness (QED) is 0.495. The number of carbonyl (C=O) groups is 2. The molecule has 3 rings (SSSR count). The molecule has 1 atom stereocenters. The lowest BCUT2D eigenvalue weighted by Crippen LogP contribution is -2.33. The van der Waals surface area contributed by atoms with Gasteiger partial charge in [-0.2, -0.15) is 0 Å². The lowest BCUT2D eigenvalue weighted by Gasteiger charge is -2.17. The first-order valence-corrected chi connectivity index (χ1v) is 9.54. The first kappa shape index (κ1) is 20.7.